The molecule has 6 nitrogen and oxygen atoms in total. The van der Waals surface area contributed by atoms with E-state index in [-0.39, 0.29) is 22.4 Å². The zero-order valence-electron chi connectivity index (χ0n) is 11.8. The minimum absolute atomic E-state index is 0.00264. The van der Waals surface area contributed by atoms with Crippen LogP contribution in [-0.2, 0) is 4.74 Å². The Morgan fingerprint density at radius 3 is 2.90 bits per heavy atom. The molecule has 1 saturated carbocycles. The lowest BCUT2D eigenvalue weighted by molar-refractivity contribution is -0.0767. The fourth-order valence-electron chi connectivity index (χ4n) is 3.37. The van der Waals surface area contributed by atoms with E-state index in [1.807, 2.05) is 0 Å². The van der Waals surface area contributed by atoms with Gasteiger partial charge < -0.3 is 15.8 Å². The Morgan fingerprint density at radius 2 is 2.19 bits per heavy atom. The van der Waals surface area contributed by atoms with E-state index in [9.17, 15) is 4.79 Å². The molecule has 1 aliphatic carbocycles. The Labute approximate surface area is 128 Å². The second-order valence-electron chi connectivity index (χ2n) is 5.87. The van der Waals surface area contributed by atoms with Crippen LogP contribution < -0.4 is 11.1 Å². The lowest BCUT2D eigenvalue weighted by atomic mass is 9.89. The summed E-state index contributed by atoms with van der Waals surface area (Å²) in [6.45, 7) is 0.727. The highest BCUT2D eigenvalue weighted by Gasteiger charge is 2.40. The minimum Gasteiger partial charge on any atom is -0.375 e. The molecule has 1 atom stereocenters. The van der Waals surface area contributed by atoms with Crippen LogP contribution in [0.4, 0.5) is 5.82 Å². The number of carbonyl (C=O) groups excluding carboxylic acids is 1. The van der Waals surface area contributed by atoms with Gasteiger partial charge in [-0.25, -0.2) is 0 Å². The van der Waals surface area contributed by atoms with Gasteiger partial charge in [0.1, 0.15) is 0 Å². The molecule has 2 aliphatic rings. The molecule has 1 amide bonds. The summed E-state index contributed by atoms with van der Waals surface area (Å²) in [4.78, 5) is 11.5. The number of primary amides is 1. The number of ether oxygens (including phenoxy) is 1. The molecule has 2 heterocycles. The molecule has 7 heteroatoms. The molecule has 0 aromatic carbocycles. The Bertz CT molecular complexity index is 546. The van der Waals surface area contributed by atoms with E-state index < -0.39 is 5.91 Å². The fraction of sp³-hybridized carbons (Fsp3) is 0.643. The number of hydrogen-bond donors (Lipinski definition) is 2. The summed E-state index contributed by atoms with van der Waals surface area (Å²) in [5, 5.41) is 11.2. The highest BCUT2D eigenvalue weighted by Crippen LogP contribution is 2.40. The summed E-state index contributed by atoms with van der Waals surface area (Å²) in [5.41, 5.74) is 5.66. The largest absolute Gasteiger partial charge is 0.375 e. The van der Waals surface area contributed by atoms with Crippen molar-refractivity contribution in [2.75, 3.05) is 11.9 Å². The van der Waals surface area contributed by atoms with Crippen LogP contribution in [-0.4, -0.2) is 34.4 Å². The third-order valence-corrected chi connectivity index (χ3v) is 4.56. The van der Waals surface area contributed by atoms with Crippen molar-refractivity contribution in [1.82, 2.24) is 10.2 Å². The zero-order valence-corrected chi connectivity index (χ0v) is 12.5. The first-order chi connectivity index (χ1) is 10.1. The topological polar surface area (TPSA) is 90.1 Å². The smallest absolute Gasteiger partial charge is 0.252 e. The van der Waals surface area contributed by atoms with Gasteiger partial charge in [-0.3, -0.25) is 4.79 Å². The van der Waals surface area contributed by atoms with E-state index in [1.54, 1.807) is 0 Å². The Balaban J connectivity index is 1.75. The maximum Gasteiger partial charge on any atom is 0.252 e. The molecule has 3 rings (SSSR count). The number of halogens is 1. The first-order valence-electron chi connectivity index (χ1n) is 7.31. The Morgan fingerprint density at radius 1 is 1.43 bits per heavy atom. The van der Waals surface area contributed by atoms with E-state index in [2.05, 4.69) is 15.5 Å². The second kappa shape index (κ2) is 5.77. The molecular formula is C14H19ClN4O2. The number of nitrogens with two attached hydrogens (primary N) is 1. The van der Waals surface area contributed by atoms with E-state index in [1.165, 1.54) is 18.9 Å². The lowest BCUT2D eigenvalue weighted by Crippen LogP contribution is -2.43. The minimum atomic E-state index is -0.558. The van der Waals surface area contributed by atoms with Gasteiger partial charge in [0.2, 0.25) is 0 Å². The molecule has 2 fully saturated rings. The molecule has 0 radical (unpaired) electrons. The van der Waals surface area contributed by atoms with Crippen LogP contribution in [0.5, 0.6) is 0 Å². The molecule has 1 aliphatic heterocycles. The highest BCUT2D eigenvalue weighted by atomic mass is 35.5. The number of nitrogens with one attached hydrogen (secondary N) is 1. The van der Waals surface area contributed by atoms with Crippen LogP contribution in [0.15, 0.2) is 6.07 Å². The van der Waals surface area contributed by atoms with Crippen molar-refractivity contribution in [3.8, 4) is 0 Å². The van der Waals surface area contributed by atoms with Crippen LogP contribution in [0.2, 0.25) is 5.15 Å². The van der Waals surface area contributed by atoms with E-state index in [0.717, 1.165) is 32.3 Å². The van der Waals surface area contributed by atoms with Gasteiger partial charge in [0.05, 0.1) is 11.2 Å². The number of hydrogen-bond acceptors (Lipinski definition) is 5. The zero-order chi connectivity index (χ0) is 14.9. The van der Waals surface area contributed by atoms with E-state index >= 15 is 0 Å². The predicted molar refractivity (Wildman–Crippen MR) is 79.4 cm³/mol. The fourth-order valence-corrected chi connectivity index (χ4v) is 3.52. The SMILES string of the molecule is NC(=O)c1cc(Cl)nnc1NC1CCOC2(CCCC2)C1. The van der Waals surface area contributed by atoms with Crippen molar-refractivity contribution in [2.45, 2.75) is 50.2 Å². The van der Waals surface area contributed by atoms with Crippen molar-refractivity contribution in [3.05, 3.63) is 16.8 Å². The van der Waals surface area contributed by atoms with Crippen molar-refractivity contribution < 1.29 is 9.53 Å². The lowest BCUT2D eigenvalue weighted by Gasteiger charge is -2.38. The van der Waals surface area contributed by atoms with Gasteiger partial charge in [0.15, 0.2) is 11.0 Å². The number of carbonyl (C=O) groups is 1. The number of nitrogens with zero attached hydrogens (tertiary/aromatic N) is 2. The molecule has 114 valence electrons. The molecule has 1 aromatic heterocycles. The summed E-state index contributed by atoms with van der Waals surface area (Å²) >= 11 is 5.77. The first-order valence-corrected chi connectivity index (χ1v) is 7.69. The van der Waals surface area contributed by atoms with Gasteiger partial charge in [-0.15, -0.1) is 10.2 Å². The standard InChI is InChI=1S/C14H19ClN4O2/c15-11-7-10(12(16)20)13(19-18-11)17-9-3-6-21-14(8-9)4-1-2-5-14/h7,9H,1-6,8H2,(H2,16,20)(H,17,19). The normalized spacial score (nSPS) is 24.1. The van der Waals surface area contributed by atoms with E-state index in [0.29, 0.717) is 5.82 Å². The Kier molecular flexibility index (Phi) is 3.99. The number of aromatic nitrogens is 2. The molecule has 21 heavy (non-hydrogen) atoms. The summed E-state index contributed by atoms with van der Waals surface area (Å²) < 4.78 is 6.00. The predicted octanol–water partition coefficient (Wildman–Crippen LogP) is 2.13. The molecule has 1 saturated heterocycles. The van der Waals surface area contributed by atoms with Gasteiger partial charge in [0, 0.05) is 12.6 Å². The highest BCUT2D eigenvalue weighted by molar-refractivity contribution is 6.29. The number of anilines is 1. The van der Waals surface area contributed by atoms with Crippen molar-refractivity contribution in [2.24, 2.45) is 5.73 Å². The van der Waals surface area contributed by atoms with Crippen LogP contribution in [0.1, 0.15) is 48.9 Å². The van der Waals surface area contributed by atoms with Gasteiger partial charge in [-0.1, -0.05) is 24.4 Å². The van der Waals surface area contributed by atoms with Gasteiger partial charge in [-0.05, 0) is 31.7 Å². The maximum absolute atomic E-state index is 11.5. The molecule has 3 N–H and O–H groups in total. The summed E-state index contributed by atoms with van der Waals surface area (Å²) in [6, 6.07) is 1.66. The van der Waals surface area contributed by atoms with Crippen LogP contribution in [0.25, 0.3) is 0 Å². The Hall–Kier alpha value is -1.40. The van der Waals surface area contributed by atoms with Gasteiger partial charge in [-0.2, -0.15) is 0 Å². The van der Waals surface area contributed by atoms with Gasteiger partial charge >= 0.3 is 0 Å². The molecule has 1 aromatic rings. The van der Waals surface area contributed by atoms with Crippen molar-refractivity contribution in [3.63, 3.8) is 0 Å². The van der Waals surface area contributed by atoms with E-state index in [4.69, 9.17) is 22.1 Å². The van der Waals surface area contributed by atoms with Crippen LogP contribution in [0, 0.1) is 0 Å². The maximum atomic E-state index is 11.5. The molecular weight excluding hydrogens is 292 g/mol. The third-order valence-electron chi connectivity index (χ3n) is 4.38. The quantitative estimate of drug-likeness (QED) is 0.892. The second-order valence-corrected chi connectivity index (χ2v) is 6.25. The third kappa shape index (κ3) is 3.11. The average Bonchev–Trinajstić information content (AvgIpc) is 2.88. The summed E-state index contributed by atoms with van der Waals surface area (Å²) in [7, 11) is 0. The number of amides is 1. The van der Waals surface area contributed by atoms with Crippen molar-refractivity contribution in [1.29, 1.82) is 0 Å². The molecule has 1 spiro atoms. The van der Waals surface area contributed by atoms with Crippen molar-refractivity contribution >= 4 is 23.3 Å². The molecule has 0 bridgehead atoms. The average molecular weight is 311 g/mol. The monoisotopic (exact) mass is 310 g/mol. The summed E-state index contributed by atoms with van der Waals surface area (Å²) in [5.74, 6) is -0.149. The summed E-state index contributed by atoms with van der Waals surface area (Å²) in [6.07, 6.45) is 6.47. The van der Waals surface area contributed by atoms with Gasteiger partial charge in [0.25, 0.3) is 5.91 Å². The first kappa shape index (κ1) is 14.5. The number of rotatable bonds is 3. The molecule has 1 unspecified atom stereocenters. The van der Waals surface area contributed by atoms with Crippen LogP contribution in [0.3, 0.4) is 0 Å². The van der Waals surface area contributed by atoms with Crippen LogP contribution >= 0.6 is 11.6 Å².